The summed E-state index contributed by atoms with van der Waals surface area (Å²) in [6.07, 6.45) is 2.32. The number of nitrogens with zero attached hydrogens (tertiary/aromatic N) is 2. The third-order valence-electron chi connectivity index (χ3n) is 5.38. The van der Waals surface area contributed by atoms with Gasteiger partial charge in [0, 0.05) is 13.0 Å². The van der Waals surface area contributed by atoms with Gasteiger partial charge in [0.05, 0.1) is 12.5 Å². The number of carboxylic acids is 1. The summed E-state index contributed by atoms with van der Waals surface area (Å²) < 4.78 is 5.21. The number of carbonyl (C=O) groups is 1. The number of carboxylic acid groups (broad SMARTS) is 1. The van der Waals surface area contributed by atoms with Crippen LogP contribution in [-0.2, 0) is 19.3 Å². The highest BCUT2D eigenvalue weighted by Crippen LogP contribution is 2.34. The molecule has 7 heteroatoms. The SMILES string of the molecule is COc1ccc(CCNc2nc(CCc3ccccc3)nc3sc(C(=O)O)c(C)c23)cc1. The molecule has 6 nitrogen and oxygen atoms in total. The lowest BCUT2D eigenvalue weighted by atomic mass is 10.1. The first-order chi connectivity index (χ1) is 15.5. The van der Waals surface area contributed by atoms with Crippen molar-refractivity contribution in [2.75, 3.05) is 19.0 Å². The van der Waals surface area contributed by atoms with Gasteiger partial charge in [0.25, 0.3) is 0 Å². The maximum atomic E-state index is 11.7. The highest BCUT2D eigenvalue weighted by atomic mass is 32.1. The van der Waals surface area contributed by atoms with E-state index in [4.69, 9.17) is 14.7 Å². The van der Waals surface area contributed by atoms with E-state index in [9.17, 15) is 9.90 Å². The molecule has 0 aliphatic rings. The zero-order valence-electron chi connectivity index (χ0n) is 18.1. The van der Waals surface area contributed by atoms with Crippen molar-refractivity contribution in [3.8, 4) is 5.75 Å². The number of anilines is 1. The molecule has 2 aromatic heterocycles. The van der Waals surface area contributed by atoms with Crippen molar-refractivity contribution in [2.24, 2.45) is 0 Å². The number of hydrogen-bond donors (Lipinski definition) is 2. The molecule has 2 N–H and O–H groups in total. The Balaban J connectivity index is 1.57. The van der Waals surface area contributed by atoms with Gasteiger partial charge < -0.3 is 15.2 Å². The summed E-state index contributed by atoms with van der Waals surface area (Å²) >= 11 is 1.21. The fraction of sp³-hybridized carbons (Fsp3) is 0.240. The predicted octanol–water partition coefficient (Wildman–Crippen LogP) is 5.15. The maximum Gasteiger partial charge on any atom is 0.346 e. The summed E-state index contributed by atoms with van der Waals surface area (Å²) in [6, 6.07) is 18.2. The highest BCUT2D eigenvalue weighted by Gasteiger charge is 2.20. The van der Waals surface area contributed by atoms with Gasteiger partial charge in [-0.3, -0.25) is 0 Å². The van der Waals surface area contributed by atoms with Crippen molar-refractivity contribution in [3.63, 3.8) is 0 Å². The average molecular weight is 448 g/mol. The summed E-state index contributed by atoms with van der Waals surface area (Å²) in [4.78, 5) is 22.2. The fourth-order valence-electron chi connectivity index (χ4n) is 3.65. The number of methoxy groups -OCH3 is 1. The number of hydrogen-bond acceptors (Lipinski definition) is 6. The molecule has 0 atom stereocenters. The van der Waals surface area contributed by atoms with Crippen molar-refractivity contribution in [2.45, 2.75) is 26.2 Å². The molecule has 0 aliphatic carbocycles. The number of thiophene rings is 1. The van der Waals surface area contributed by atoms with E-state index in [0.717, 1.165) is 24.0 Å². The molecule has 0 saturated heterocycles. The van der Waals surface area contributed by atoms with Gasteiger partial charge in [-0.1, -0.05) is 42.5 Å². The molecule has 0 spiro atoms. The van der Waals surface area contributed by atoms with Crippen LogP contribution >= 0.6 is 11.3 Å². The molecule has 0 radical (unpaired) electrons. The zero-order valence-corrected chi connectivity index (χ0v) is 18.9. The molecule has 0 unspecified atom stereocenters. The number of ether oxygens (including phenoxy) is 1. The molecule has 0 fully saturated rings. The number of nitrogens with one attached hydrogen (secondary N) is 1. The Morgan fingerprint density at radius 3 is 2.41 bits per heavy atom. The van der Waals surface area contributed by atoms with Crippen molar-refractivity contribution >= 4 is 33.3 Å². The molecule has 4 rings (SSSR count). The van der Waals surface area contributed by atoms with Crippen LogP contribution in [0.4, 0.5) is 5.82 Å². The van der Waals surface area contributed by atoms with Crippen LogP contribution in [0.3, 0.4) is 0 Å². The summed E-state index contributed by atoms with van der Waals surface area (Å²) in [5.41, 5.74) is 3.11. The number of rotatable bonds is 9. The van der Waals surface area contributed by atoms with Crippen LogP contribution in [0.1, 0.15) is 32.2 Å². The number of fused-ring (bicyclic) bond motifs is 1. The summed E-state index contributed by atoms with van der Waals surface area (Å²) in [7, 11) is 1.65. The van der Waals surface area contributed by atoms with Crippen molar-refractivity contribution in [1.29, 1.82) is 0 Å². The first kappa shape index (κ1) is 21.8. The molecule has 2 heterocycles. The van der Waals surface area contributed by atoms with Gasteiger partial charge in [-0.25, -0.2) is 14.8 Å². The normalized spacial score (nSPS) is 10.9. The second kappa shape index (κ2) is 9.78. The lowest BCUT2D eigenvalue weighted by molar-refractivity contribution is 0.0701. The number of aryl methyl sites for hydroxylation is 3. The maximum absolute atomic E-state index is 11.7. The summed E-state index contributed by atoms with van der Waals surface area (Å²) in [6.45, 7) is 2.50. The third-order valence-corrected chi connectivity index (χ3v) is 6.55. The first-order valence-corrected chi connectivity index (χ1v) is 11.3. The van der Waals surface area contributed by atoms with Crippen molar-refractivity contribution < 1.29 is 14.6 Å². The Hall–Kier alpha value is -3.45. The Kier molecular flexibility index (Phi) is 6.66. The molecule has 32 heavy (non-hydrogen) atoms. The summed E-state index contributed by atoms with van der Waals surface area (Å²) in [5.74, 6) is 1.32. The Labute approximate surface area is 190 Å². The Morgan fingerprint density at radius 1 is 1.00 bits per heavy atom. The zero-order chi connectivity index (χ0) is 22.5. The highest BCUT2D eigenvalue weighted by molar-refractivity contribution is 7.20. The second-order valence-electron chi connectivity index (χ2n) is 7.54. The van der Waals surface area contributed by atoms with E-state index in [1.807, 2.05) is 49.4 Å². The van der Waals surface area contributed by atoms with E-state index in [1.165, 1.54) is 22.5 Å². The predicted molar refractivity (Wildman–Crippen MR) is 128 cm³/mol. The van der Waals surface area contributed by atoms with Crippen LogP contribution < -0.4 is 10.1 Å². The average Bonchev–Trinajstić information content (AvgIpc) is 3.15. The minimum absolute atomic E-state index is 0.313. The van der Waals surface area contributed by atoms with Gasteiger partial charge in [0.2, 0.25) is 0 Å². The van der Waals surface area contributed by atoms with Gasteiger partial charge in [0.15, 0.2) is 0 Å². The van der Waals surface area contributed by atoms with Crippen molar-refractivity contribution in [3.05, 3.63) is 82.0 Å². The standard InChI is InChI=1S/C25H25N3O3S/c1-16-21-23(26-15-14-18-8-11-19(31-2)12-9-18)27-20(13-10-17-6-4-3-5-7-17)28-24(21)32-22(16)25(29)30/h3-9,11-12H,10,13-15H2,1-2H3,(H,29,30)(H,26,27,28). The molecule has 2 aromatic carbocycles. The number of aromatic nitrogens is 2. The minimum Gasteiger partial charge on any atom is -0.497 e. The van der Waals surface area contributed by atoms with Gasteiger partial charge >= 0.3 is 5.97 Å². The van der Waals surface area contributed by atoms with E-state index >= 15 is 0 Å². The van der Waals surface area contributed by atoms with Crippen LogP contribution in [0.25, 0.3) is 10.2 Å². The van der Waals surface area contributed by atoms with Crippen molar-refractivity contribution in [1.82, 2.24) is 9.97 Å². The van der Waals surface area contributed by atoms with Gasteiger partial charge in [-0.2, -0.15) is 0 Å². The van der Waals surface area contributed by atoms with Crippen LogP contribution in [0.15, 0.2) is 54.6 Å². The summed E-state index contributed by atoms with van der Waals surface area (Å²) in [5, 5.41) is 13.8. The smallest absolute Gasteiger partial charge is 0.346 e. The monoisotopic (exact) mass is 447 g/mol. The molecule has 0 amide bonds. The van der Waals surface area contributed by atoms with E-state index in [1.54, 1.807) is 7.11 Å². The van der Waals surface area contributed by atoms with E-state index < -0.39 is 5.97 Å². The number of benzene rings is 2. The fourth-order valence-corrected chi connectivity index (χ4v) is 4.68. The Morgan fingerprint density at radius 2 is 1.72 bits per heavy atom. The van der Waals surface area contributed by atoms with Gasteiger partial charge in [0.1, 0.15) is 27.1 Å². The van der Waals surface area contributed by atoms with E-state index in [-0.39, 0.29) is 0 Å². The molecule has 0 bridgehead atoms. The molecule has 164 valence electrons. The lowest BCUT2D eigenvalue weighted by Crippen LogP contribution is -2.09. The van der Waals surface area contributed by atoms with Gasteiger partial charge in [-0.15, -0.1) is 11.3 Å². The second-order valence-corrected chi connectivity index (χ2v) is 8.54. The Bertz CT molecular complexity index is 1220. The molecule has 4 aromatic rings. The number of aromatic carboxylic acids is 1. The van der Waals surface area contributed by atoms with E-state index in [2.05, 4.69) is 17.4 Å². The quantitative estimate of drug-likeness (QED) is 0.369. The van der Waals surface area contributed by atoms with Crippen LogP contribution in [-0.4, -0.2) is 34.7 Å². The minimum atomic E-state index is -0.930. The molecule has 0 aliphatic heterocycles. The lowest BCUT2D eigenvalue weighted by Gasteiger charge is -2.10. The first-order valence-electron chi connectivity index (χ1n) is 10.5. The van der Waals surface area contributed by atoms with Crippen LogP contribution in [0.2, 0.25) is 0 Å². The molecule has 0 saturated carbocycles. The van der Waals surface area contributed by atoms with Gasteiger partial charge in [-0.05, 0) is 48.6 Å². The van der Waals surface area contributed by atoms with Crippen LogP contribution in [0, 0.1) is 6.92 Å². The van der Waals surface area contributed by atoms with E-state index in [0.29, 0.717) is 39.9 Å². The third kappa shape index (κ3) is 4.89. The molecular weight excluding hydrogens is 422 g/mol. The van der Waals surface area contributed by atoms with Crippen LogP contribution in [0.5, 0.6) is 5.75 Å². The largest absolute Gasteiger partial charge is 0.497 e. The topological polar surface area (TPSA) is 84.3 Å². The molecular formula is C25H25N3O3S.